The Balaban J connectivity index is 3.01. The van der Waals surface area contributed by atoms with Crippen LogP contribution in [0.3, 0.4) is 0 Å². The highest BCUT2D eigenvalue weighted by Crippen LogP contribution is 2.24. The van der Waals surface area contributed by atoms with Gasteiger partial charge in [-0.05, 0) is 32.0 Å². The molecule has 0 aliphatic rings. The van der Waals surface area contributed by atoms with E-state index in [1.807, 2.05) is 12.1 Å². The molecule has 0 fully saturated rings. The Morgan fingerprint density at radius 2 is 2.22 bits per heavy atom. The Hall–Kier alpha value is -1.26. The monoisotopic (exact) mass is 269 g/mol. The van der Waals surface area contributed by atoms with Crippen LogP contribution in [0.15, 0.2) is 18.2 Å². The molecule has 1 atom stereocenters. The normalized spacial score (nSPS) is 12.2. The summed E-state index contributed by atoms with van der Waals surface area (Å²) >= 11 is 6.13. The number of anilines is 1. The van der Waals surface area contributed by atoms with Crippen LogP contribution in [0.5, 0.6) is 0 Å². The standard InChI is InChI=1S/C13H20ClN3O/c1-4-17(9(2)8-18-3)10-5-6-11(13(15)16)12(14)7-10/h5-7,9H,4,8H2,1-3H3,(H3,15,16). The minimum absolute atomic E-state index is 0.0143. The summed E-state index contributed by atoms with van der Waals surface area (Å²) in [6.45, 7) is 5.69. The number of rotatable bonds is 6. The van der Waals surface area contributed by atoms with Gasteiger partial charge in [0.25, 0.3) is 0 Å². The van der Waals surface area contributed by atoms with Gasteiger partial charge in [-0.2, -0.15) is 0 Å². The molecule has 5 heteroatoms. The number of nitrogens with two attached hydrogens (primary N) is 1. The molecule has 1 rings (SSSR count). The van der Waals surface area contributed by atoms with Gasteiger partial charge in [0, 0.05) is 30.9 Å². The molecule has 0 aliphatic heterocycles. The molecule has 0 radical (unpaired) electrons. The van der Waals surface area contributed by atoms with Crippen molar-refractivity contribution in [3.8, 4) is 0 Å². The van der Waals surface area contributed by atoms with Crippen molar-refractivity contribution in [2.75, 3.05) is 25.2 Å². The molecule has 18 heavy (non-hydrogen) atoms. The summed E-state index contributed by atoms with van der Waals surface area (Å²) in [7, 11) is 1.69. The van der Waals surface area contributed by atoms with Crippen LogP contribution in [0, 0.1) is 5.41 Å². The molecule has 0 saturated carbocycles. The van der Waals surface area contributed by atoms with Crippen LogP contribution in [0.2, 0.25) is 5.02 Å². The Labute approximate surface area is 113 Å². The molecular weight excluding hydrogens is 250 g/mol. The van der Waals surface area contributed by atoms with Gasteiger partial charge >= 0.3 is 0 Å². The molecule has 0 aliphatic carbocycles. The SMILES string of the molecule is CCN(c1ccc(C(=N)N)c(Cl)c1)C(C)COC. The van der Waals surface area contributed by atoms with Gasteiger partial charge in [-0.1, -0.05) is 11.6 Å². The summed E-state index contributed by atoms with van der Waals surface area (Å²) < 4.78 is 5.17. The number of benzene rings is 1. The van der Waals surface area contributed by atoms with Crippen molar-refractivity contribution >= 4 is 23.1 Å². The molecule has 3 N–H and O–H groups in total. The van der Waals surface area contributed by atoms with Crippen LogP contribution in [0.4, 0.5) is 5.69 Å². The zero-order chi connectivity index (χ0) is 13.7. The van der Waals surface area contributed by atoms with Crippen LogP contribution in [0.25, 0.3) is 0 Å². The van der Waals surface area contributed by atoms with E-state index >= 15 is 0 Å². The zero-order valence-electron chi connectivity index (χ0n) is 11.0. The van der Waals surface area contributed by atoms with E-state index in [0.29, 0.717) is 17.2 Å². The predicted octanol–water partition coefficient (Wildman–Crippen LogP) is 2.49. The largest absolute Gasteiger partial charge is 0.384 e. The van der Waals surface area contributed by atoms with Crippen molar-refractivity contribution in [3.05, 3.63) is 28.8 Å². The second-order valence-corrected chi connectivity index (χ2v) is 4.58. The lowest BCUT2D eigenvalue weighted by Crippen LogP contribution is -2.36. The second kappa shape index (κ2) is 6.61. The molecular formula is C13H20ClN3O. The van der Waals surface area contributed by atoms with Gasteiger partial charge < -0.3 is 15.4 Å². The first kappa shape index (κ1) is 14.8. The van der Waals surface area contributed by atoms with Crippen LogP contribution in [-0.2, 0) is 4.74 Å². The van der Waals surface area contributed by atoms with Gasteiger partial charge in [0.1, 0.15) is 5.84 Å². The average molecular weight is 270 g/mol. The first-order valence-electron chi connectivity index (χ1n) is 5.90. The summed E-state index contributed by atoms with van der Waals surface area (Å²) in [4.78, 5) is 2.19. The van der Waals surface area contributed by atoms with E-state index in [4.69, 9.17) is 27.5 Å². The molecule has 1 unspecified atom stereocenters. The van der Waals surface area contributed by atoms with Crippen molar-refractivity contribution in [1.29, 1.82) is 5.41 Å². The number of halogens is 1. The third-order valence-electron chi connectivity index (χ3n) is 2.86. The van der Waals surface area contributed by atoms with Gasteiger partial charge in [-0.15, -0.1) is 0 Å². The highest BCUT2D eigenvalue weighted by atomic mass is 35.5. The van der Waals surface area contributed by atoms with E-state index < -0.39 is 0 Å². The smallest absolute Gasteiger partial charge is 0.124 e. The van der Waals surface area contributed by atoms with Crippen molar-refractivity contribution < 1.29 is 4.74 Å². The Morgan fingerprint density at radius 1 is 1.56 bits per heavy atom. The number of amidine groups is 1. The van der Waals surface area contributed by atoms with E-state index in [2.05, 4.69) is 18.7 Å². The summed E-state index contributed by atoms with van der Waals surface area (Å²) in [5.41, 5.74) is 7.02. The molecule has 0 spiro atoms. The number of methoxy groups -OCH3 is 1. The Morgan fingerprint density at radius 3 is 2.67 bits per heavy atom. The lowest BCUT2D eigenvalue weighted by atomic mass is 10.1. The number of ether oxygens (including phenoxy) is 1. The van der Waals surface area contributed by atoms with Gasteiger partial charge in [0.05, 0.1) is 11.6 Å². The van der Waals surface area contributed by atoms with Gasteiger partial charge in [-0.25, -0.2) is 0 Å². The van der Waals surface area contributed by atoms with Crippen LogP contribution < -0.4 is 10.6 Å². The quantitative estimate of drug-likeness (QED) is 0.616. The summed E-state index contributed by atoms with van der Waals surface area (Å²) in [5.74, 6) is -0.0143. The second-order valence-electron chi connectivity index (χ2n) is 4.17. The minimum atomic E-state index is -0.0143. The van der Waals surface area contributed by atoms with Crippen molar-refractivity contribution in [2.24, 2.45) is 5.73 Å². The topological polar surface area (TPSA) is 62.3 Å². The van der Waals surface area contributed by atoms with Crippen LogP contribution in [0.1, 0.15) is 19.4 Å². The third kappa shape index (κ3) is 3.37. The maximum atomic E-state index is 7.41. The van der Waals surface area contributed by atoms with Crippen LogP contribution in [-0.4, -0.2) is 32.1 Å². The molecule has 100 valence electrons. The van der Waals surface area contributed by atoms with E-state index in [-0.39, 0.29) is 11.9 Å². The highest BCUT2D eigenvalue weighted by Gasteiger charge is 2.14. The number of nitrogens with one attached hydrogen (secondary N) is 1. The Bertz CT molecular complexity index is 423. The molecule has 0 heterocycles. The predicted molar refractivity (Wildman–Crippen MR) is 76.8 cm³/mol. The molecule has 1 aromatic carbocycles. The molecule has 0 aromatic heterocycles. The van der Waals surface area contributed by atoms with Gasteiger partial charge in [-0.3, -0.25) is 5.41 Å². The first-order chi connectivity index (χ1) is 8.51. The van der Waals surface area contributed by atoms with Crippen LogP contribution >= 0.6 is 11.6 Å². The van der Waals surface area contributed by atoms with E-state index in [0.717, 1.165) is 12.2 Å². The van der Waals surface area contributed by atoms with E-state index in [1.165, 1.54) is 0 Å². The fourth-order valence-corrected chi connectivity index (χ4v) is 2.26. The molecule has 4 nitrogen and oxygen atoms in total. The first-order valence-corrected chi connectivity index (χ1v) is 6.28. The lowest BCUT2D eigenvalue weighted by molar-refractivity contribution is 0.182. The number of likely N-dealkylation sites (N-methyl/N-ethyl adjacent to an activating group) is 1. The maximum absolute atomic E-state index is 7.41. The van der Waals surface area contributed by atoms with E-state index in [9.17, 15) is 0 Å². The van der Waals surface area contributed by atoms with Crippen molar-refractivity contribution in [2.45, 2.75) is 19.9 Å². The van der Waals surface area contributed by atoms with E-state index in [1.54, 1.807) is 13.2 Å². The summed E-state index contributed by atoms with van der Waals surface area (Å²) in [6, 6.07) is 5.81. The molecule has 0 saturated heterocycles. The maximum Gasteiger partial charge on any atom is 0.124 e. The highest BCUT2D eigenvalue weighted by molar-refractivity contribution is 6.34. The van der Waals surface area contributed by atoms with Gasteiger partial charge in [0.2, 0.25) is 0 Å². The van der Waals surface area contributed by atoms with Crippen molar-refractivity contribution in [3.63, 3.8) is 0 Å². The number of nitrogen functional groups attached to an aromatic ring is 1. The fourth-order valence-electron chi connectivity index (χ4n) is 1.98. The summed E-state index contributed by atoms with van der Waals surface area (Å²) in [6.07, 6.45) is 0. The van der Waals surface area contributed by atoms with Gasteiger partial charge in [0.15, 0.2) is 0 Å². The molecule has 1 aromatic rings. The fraction of sp³-hybridized carbons (Fsp3) is 0.462. The lowest BCUT2D eigenvalue weighted by Gasteiger charge is -2.30. The average Bonchev–Trinajstić information content (AvgIpc) is 2.29. The summed E-state index contributed by atoms with van der Waals surface area (Å²) in [5, 5.41) is 7.91. The minimum Gasteiger partial charge on any atom is -0.384 e. The Kier molecular flexibility index (Phi) is 5.44. The van der Waals surface area contributed by atoms with Crippen molar-refractivity contribution in [1.82, 2.24) is 0 Å². The number of hydrogen-bond acceptors (Lipinski definition) is 3. The third-order valence-corrected chi connectivity index (χ3v) is 3.17. The zero-order valence-corrected chi connectivity index (χ0v) is 11.8. The molecule has 0 bridgehead atoms. The molecule has 0 amide bonds. The number of nitrogens with zero attached hydrogens (tertiary/aromatic N) is 1. The number of hydrogen-bond donors (Lipinski definition) is 2.